The van der Waals surface area contributed by atoms with Crippen LogP contribution in [0.3, 0.4) is 0 Å². The van der Waals surface area contributed by atoms with E-state index in [2.05, 4.69) is 0 Å². The van der Waals surface area contributed by atoms with Crippen LogP contribution in [0.2, 0.25) is 0 Å². The minimum absolute atomic E-state index is 0.220. The van der Waals surface area contributed by atoms with E-state index in [1.165, 1.54) is 0 Å². The fourth-order valence-corrected chi connectivity index (χ4v) is 0.950. The summed E-state index contributed by atoms with van der Waals surface area (Å²) < 4.78 is 0. The lowest BCUT2D eigenvalue weighted by Gasteiger charge is -2.26. The Hall–Kier alpha value is -1.04. The molecule has 0 radical (unpaired) electrons. The molecule has 3 nitrogen and oxygen atoms in total. The van der Waals surface area contributed by atoms with E-state index in [1.54, 1.807) is 0 Å². The molecule has 0 aromatic carbocycles. The Morgan fingerprint density at radius 1 is 1.67 bits per heavy atom. The molecule has 3 heteroatoms. The zero-order chi connectivity index (χ0) is 6.85. The van der Waals surface area contributed by atoms with Crippen LogP contribution in [0.15, 0.2) is 0 Å². The Morgan fingerprint density at radius 2 is 2.33 bits per heavy atom. The molecule has 0 unspecified atom stereocenters. The van der Waals surface area contributed by atoms with Gasteiger partial charge >= 0.3 is 5.97 Å². The molecule has 0 amide bonds. The summed E-state index contributed by atoms with van der Waals surface area (Å²) in [7, 11) is 0. The number of nitriles is 1. The van der Waals surface area contributed by atoms with E-state index in [0.29, 0.717) is 6.42 Å². The van der Waals surface area contributed by atoms with Crippen LogP contribution >= 0.6 is 0 Å². The third kappa shape index (κ3) is 0.879. The first-order chi connectivity index (χ1) is 4.25. The smallest absolute Gasteiger partial charge is 0.307 e. The first-order valence-electron chi connectivity index (χ1n) is 2.88. The van der Waals surface area contributed by atoms with Crippen LogP contribution in [0.1, 0.15) is 12.8 Å². The van der Waals surface area contributed by atoms with Crippen molar-refractivity contribution in [3.8, 4) is 6.07 Å². The van der Waals surface area contributed by atoms with Crippen molar-refractivity contribution in [2.24, 2.45) is 11.8 Å². The van der Waals surface area contributed by atoms with Crippen molar-refractivity contribution in [3.63, 3.8) is 0 Å². The van der Waals surface area contributed by atoms with Gasteiger partial charge in [0.05, 0.1) is 17.9 Å². The van der Waals surface area contributed by atoms with Gasteiger partial charge in [0.15, 0.2) is 0 Å². The summed E-state index contributed by atoms with van der Waals surface area (Å²) in [5.41, 5.74) is 0. The lowest BCUT2D eigenvalue weighted by Crippen LogP contribution is -2.31. The molecule has 2 atom stereocenters. The highest BCUT2D eigenvalue weighted by molar-refractivity contribution is 5.71. The fourth-order valence-electron chi connectivity index (χ4n) is 0.950. The van der Waals surface area contributed by atoms with Gasteiger partial charge in [-0.25, -0.2) is 0 Å². The predicted molar refractivity (Wildman–Crippen MR) is 29.5 cm³/mol. The molecular weight excluding hydrogens is 118 g/mol. The van der Waals surface area contributed by atoms with Crippen LogP contribution in [-0.2, 0) is 4.79 Å². The van der Waals surface area contributed by atoms with Crippen molar-refractivity contribution < 1.29 is 9.90 Å². The predicted octanol–water partition coefficient (Wildman–Crippen LogP) is 0.621. The fraction of sp³-hybridized carbons (Fsp3) is 0.667. The number of carboxylic acid groups (broad SMARTS) is 1. The van der Waals surface area contributed by atoms with Gasteiger partial charge in [0.2, 0.25) is 0 Å². The lowest BCUT2D eigenvalue weighted by molar-refractivity contribution is -0.146. The average Bonchev–Trinajstić information content (AvgIpc) is 1.61. The van der Waals surface area contributed by atoms with Crippen LogP contribution in [0, 0.1) is 23.2 Å². The zero-order valence-corrected chi connectivity index (χ0v) is 4.87. The maximum atomic E-state index is 10.2. The van der Waals surface area contributed by atoms with Crippen LogP contribution in [-0.4, -0.2) is 11.1 Å². The normalized spacial score (nSPS) is 32.3. The highest BCUT2D eigenvalue weighted by Gasteiger charge is 2.36. The third-order valence-corrected chi connectivity index (χ3v) is 1.76. The number of nitrogens with zero attached hydrogens (tertiary/aromatic N) is 1. The molecule has 0 aromatic heterocycles. The van der Waals surface area contributed by atoms with E-state index < -0.39 is 5.97 Å². The van der Waals surface area contributed by atoms with Crippen molar-refractivity contribution in [2.45, 2.75) is 12.8 Å². The summed E-state index contributed by atoms with van der Waals surface area (Å²) in [6.07, 6.45) is 1.43. The Morgan fingerprint density at radius 3 is 2.44 bits per heavy atom. The first-order valence-corrected chi connectivity index (χ1v) is 2.88. The maximum absolute atomic E-state index is 10.2. The summed E-state index contributed by atoms with van der Waals surface area (Å²) in [5.74, 6) is -1.43. The Balaban J connectivity index is 2.47. The van der Waals surface area contributed by atoms with Gasteiger partial charge in [0.1, 0.15) is 0 Å². The summed E-state index contributed by atoms with van der Waals surface area (Å²) in [5, 5.41) is 16.7. The van der Waals surface area contributed by atoms with E-state index in [9.17, 15) is 4.79 Å². The highest BCUT2D eigenvalue weighted by Crippen LogP contribution is 2.33. The minimum atomic E-state index is -0.826. The van der Waals surface area contributed by atoms with Crippen LogP contribution < -0.4 is 0 Å². The van der Waals surface area contributed by atoms with Crippen molar-refractivity contribution in [1.82, 2.24) is 0 Å². The van der Waals surface area contributed by atoms with Crippen LogP contribution in [0.25, 0.3) is 0 Å². The summed E-state index contributed by atoms with van der Waals surface area (Å²) in [4.78, 5) is 10.2. The van der Waals surface area contributed by atoms with Crippen molar-refractivity contribution in [2.75, 3.05) is 0 Å². The molecule has 0 aliphatic heterocycles. The number of carbonyl (C=O) groups is 1. The van der Waals surface area contributed by atoms with Crippen molar-refractivity contribution >= 4 is 5.97 Å². The lowest BCUT2D eigenvalue weighted by atomic mass is 9.75. The Kier molecular flexibility index (Phi) is 1.39. The molecule has 1 aliphatic carbocycles. The van der Waals surface area contributed by atoms with Gasteiger partial charge in [-0.3, -0.25) is 4.79 Å². The topological polar surface area (TPSA) is 61.1 Å². The standard InChI is InChI=1S/C6H7NO2/c7-3-4-1-2-5(4)6(8)9/h4-5H,1-2H2,(H,8,9)/t4-,5-/m1/s1. The van der Waals surface area contributed by atoms with E-state index in [0.717, 1.165) is 6.42 Å². The van der Waals surface area contributed by atoms with E-state index >= 15 is 0 Å². The second-order valence-corrected chi connectivity index (χ2v) is 2.26. The van der Waals surface area contributed by atoms with Gasteiger partial charge in [-0.2, -0.15) is 5.26 Å². The van der Waals surface area contributed by atoms with Crippen molar-refractivity contribution in [1.29, 1.82) is 5.26 Å². The van der Waals surface area contributed by atoms with Crippen LogP contribution in [0.5, 0.6) is 0 Å². The third-order valence-electron chi connectivity index (χ3n) is 1.76. The molecule has 0 saturated heterocycles. The molecule has 1 aliphatic rings. The molecule has 0 aromatic rings. The number of hydrogen-bond acceptors (Lipinski definition) is 2. The van der Waals surface area contributed by atoms with E-state index in [4.69, 9.17) is 10.4 Å². The van der Waals surface area contributed by atoms with Gasteiger partial charge in [0.25, 0.3) is 0 Å². The van der Waals surface area contributed by atoms with Gasteiger partial charge < -0.3 is 5.11 Å². The molecule has 1 rings (SSSR count). The van der Waals surface area contributed by atoms with E-state index in [-0.39, 0.29) is 11.8 Å². The molecule has 0 spiro atoms. The molecule has 9 heavy (non-hydrogen) atoms. The molecular formula is C6H7NO2. The summed E-state index contributed by atoms with van der Waals surface area (Å²) in [6.45, 7) is 0. The zero-order valence-electron chi connectivity index (χ0n) is 4.87. The van der Waals surface area contributed by atoms with Gasteiger partial charge in [0, 0.05) is 0 Å². The molecule has 0 bridgehead atoms. The minimum Gasteiger partial charge on any atom is -0.481 e. The molecule has 1 N–H and O–H groups in total. The average molecular weight is 125 g/mol. The molecule has 1 fully saturated rings. The SMILES string of the molecule is N#C[C@H]1CC[C@H]1C(=O)O. The molecule has 1 saturated carbocycles. The van der Waals surface area contributed by atoms with Gasteiger partial charge in [-0.05, 0) is 12.8 Å². The maximum Gasteiger partial charge on any atom is 0.307 e. The second-order valence-electron chi connectivity index (χ2n) is 2.26. The van der Waals surface area contributed by atoms with E-state index in [1.807, 2.05) is 6.07 Å². The highest BCUT2D eigenvalue weighted by atomic mass is 16.4. The monoisotopic (exact) mass is 125 g/mol. The largest absolute Gasteiger partial charge is 0.481 e. The second kappa shape index (κ2) is 2.06. The number of aliphatic carboxylic acids is 1. The summed E-state index contributed by atoms with van der Waals surface area (Å²) >= 11 is 0. The Labute approximate surface area is 52.9 Å². The molecule has 0 heterocycles. The first kappa shape index (κ1) is 6.09. The molecule has 48 valence electrons. The van der Waals surface area contributed by atoms with Crippen molar-refractivity contribution in [3.05, 3.63) is 0 Å². The van der Waals surface area contributed by atoms with Gasteiger partial charge in [-0.15, -0.1) is 0 Å². The quantitative estimate of drug-likeness (QED) is 0.558. The number of hydrogen-bond donors (Lipinski definition) is 1. The van der Waals surface area contributed by atoms with Gasteiger partial charge in [-0.1, -0.05) is 0 Å². The number of carboxylic acids is 1. The number of rotatable bonds is 1. The summed E-state index contributed by atoms with van der Waals surface area (Å²) in [6, 6.07) is 1.95. The van der Waals surface area contributed by atoms with Crippen LogP contribution in [0.4, 0.5) is 0 Å². The Bertz CT molecular complexity index is 170.